The number of aliphatic hydroxyl groups is 1. The lowest BCUT2D eigenvalue weighted by Crippen LogP contribution is -2.10. The highest BCUT2D eigenvalue weighted by atomic mass is 16.5. The number of hydrogen-bond donors (Lipinski definition) is 3. The summed E-state index contributed by atoms with van der Waals surface area (Å²) in [5.41, 5.74) is 6.32. The molecule has 0 aliphatic heterocycles. The van der Waals surface area contributed by atoms with Gasteiger partial charge in [0.25, 0.3) is 0 Å². The molecule has 0 aromatic carbocycles. The van der Waals surface area contributed by atoms with E-state index in [1.165, 1.54) is 6.33 Å². The second-order valence-electron chi connectivity index (χ2n) is 4.23. The Morgan fingerprint density at radius 2 is 2.28 bits per heavy atom. The molecule has 6 heteroatoms. The molecule has 0 aliphatic carbocycles. The Bertz CT molecular complexity index is 360. The van der Waals surface area contributed by atoms with Gasteiger partial charge < -0.3 is 20.9 Å². The van der Waals surface area contributed by atoms with Crippen LogP contribution in [-0.4, -0.2) is 34.8 Å². The highest BCUT2D eigenvalue weighted by Gasteiger charge is 2.08. The minimum absolute atomic E-state index is 0.226. The second-order valence-corrected chi connectivity index (χ2v) is 4.23. The molecule has 1 aromatic rings. The number of nitrogens with zero attached hydrogens (tertiary/aromatic N) is 2. The predicted molar refractivity (Wildman–Crippen MR) is 71.6 cm³/mol. The highest BCUT2D eigenvalue weighted by molar-refractivity contribution is 5.66. The Hall–Kier alpha value is -1.56. The second kappa shape index (κ2) is 7.71. The molecule has 0 saturated carbocycles. The number of rotatable bonds is 8. The fourth-order valence-corrected chi connectivity index (χ4v) is 1.52. The van der Waals surface area contributed by atoms with Gasteiger partial charge in [-0.3, -0.25) is 0 Å². The maximum atomic E-state index is 8.91. The average Bonchev–Trinajstić information content (AvgIpc) is 2.38. The van der Waals surface area contributed by atoms with E-state index in [2.05, 4.69) is 15.3 Å². The zero-order valence-corrected chi connectivity index (χ0v) is 11.0. The first-order valence-electron chi connectivity index (χ1n) is 6.27. The lowest BCUT2D eigenvalue weighted by molar-refractivity contribution is 0.229. The summed E-state index contributed by atoms with van der Waals surface area (Å²) in [4.78, 5) is 8.05. The van der Waals surface area contributed by atoms with Gasteiger partial charge in [0.2, 0.25) is 5.88 Å². The number of ether oxygens (including phenoxy) is 1. The summed E-state index contributed by atoms with van der Waals surface area (Å²) in [5, 5.41) is 12.1. The van der Waals surface area contributed by atoms with Gasteiger partial charge in [0.05, 0.1) is 6.61 Å². The Morgan fingerprint density at radius 1 is 1.50 bits per heavy atom. The van der Waals surface area contributed by atoms with Gasteiger partial charge in [-0.05, 0) is 25.7 Å². The van der Waals surface area contributed by atoms with Crippen molar-refractivity contribution in [1.29, 1.82) is 0 Å². The van der Waals surface area contributed by atoms with Crippen LogP contribution in [0, 0.1) is 5.92 Å². The molecule has 4 N–H and O–H groups in total. The fourth-order valence-electron chi connectivity index (χ4n) is 1.52. The smallest absolute Gasteiger partial charge is 0.242 e. The predicted octanol–water partition coefficient (Wildman–Crippen LogP) is 1.28. The van der Waals surface area contributed by atoms with Crippen molar-refractivity contribution >= 4 is 11.5 Å². The lowest BCUT2D eigenvalue weighted by atomic mass is 10.1. The molecule has 1 unspecified atom stereocenters. The van der Waals surface area contributed by atoms with E-state index >= 15 is 0 Å². The number of hydrogen-bond acceptors (Lipinski definition) is 6. The Kier molecular flexibility index (Phi) is 6.21. The molecule has 0 radical (unpaired) electrons. The third-order valence-corrected chi connectivity index (χ3v) is 2.61. The maximum absolute atomic E-state index is 8.91. The molecule has 102 valence electrons. The van der Waals surface area contributed by atoms with Gasteiger partial charge in [0, 0.05) is 13.2 Å². The summed E-state index contributed by atoms with van der Waals surface area (Å²) < 4.78 is 5.29. The Balaban J connectivity index is 2.44. The SMILES string of the molecule is CCOc1ncnc(NCCCC(C)CO)c1N. The van der Waals surface area contributed by atoms with Gasteiger partial charge >= 0.3 is 0 Å². The maximum Gasteiger partial charge on any atom is 0.242 e. The number of aromatic nitrogens is 2. The van der Waals surface area contributed by atoms with E-state index in [0.29, 0.717) is 29.9 Å². The van der Waals surface area contributed by atoms with Crippen molar-refractivity contribution in [1.82, 2.24) is 9.97 Å². The van der Waals surface area contributed by atoms with Crippen molar-refractivity contribution in [3.8, 4) is 5.88 Å². The zero-order chi connectivity index (χ0) is 13.4. The van der Waals surface area contributed by atoms with E-state index in [-0.39, 0.29) is 6.61 Å². The van der Waals surface area contributed by atoms with Crippen LogP contribution in [0.25, 0.3) is 0 Å². The third-order valence-electron chi connectivity index (χ3n) is 2.61. The topological polar surface area (TPSA) is 93.3 Å². The van der Waals surface area contributed by atoms with E-state index in [4.69, 9.17) is 15.6 Å². The van der Waals surface area contributed by atoms with Crippen molar-refractivity contribution in [2.24, 2.45) is 5.92 Å². The Morgan fingerprint density at radius 3 is 2.94 bits per heavy atom. The quantitative estimate of drug-likeness (QED) is 0.605. The standard InChI is InChI=1S/C12H22N4O2/c1-3-18-12-10(13)11(15-8-16-12)14-6-4-5-9(2)7-17/h8-9,17H,3-7,13H2,1-2H3,(H,14,15,16). The summed E-state index contributed by atoms with van der Waals surface area (Å²) in [5.74, 6) is 1.34. The van der Waals surface area contributed by atoms with E-state index in [0.717, 1.165) is 19.4 Å². The zero-order valence-electron chi connectivity index (χ0n) is 11.0. The molecule has 18 heavy (non-hydrogen) atoms. The van der Waals surface area contributed by atoms with Crippen LogP contribution in [0.15, 0.2) is 6.33 Å². The van der Waals surface area contributed by atoms with Gasteiger partial charge in [-0.25, -0.2) is 4.98 Å². The monoisotopic (exact) mass is 254 g/mol. The summed E-state index contributed by atoms with van der Waals surface area (Å²) in [6, 6.07) is 0. The first-order valence-corrected chi connectivity index (χ1v) is 6.27. The minimum atomic E-state index is 0.226. The van der Waals surface area contributed by atoms with Crippen molar-refractivity contribution in [3.05, 3.63) is 6.33 Å². The summed E-state index contributed by atoms with van der Waals surface area (Å²) in [6.45, 7) is 5.41. The van der Waals surface area contributed by atoms with Crippen molar-refractivity contribution in [3.63, 3.8) is 0 Å². The van der Waals surface area contributed by atoms with Gasteiger partial charge in [-0.15, -0.1) is 0 Å². The van der Waals surface area contributed by atoms with Crippen LogP contribution in [0.1, 0.15) is 26.7 Å². The largest absolute Gasteiger partial charge is 0.476 e. The summed E-state index contributed by atoms with van der Waals surface area (Å²) in [7, 11) is 0. The molecule has 0 saturated heterocycles. The number of nitrogens with one attached hydrogen (secondary N) is 1. The van der Waals surface area contributed by atoms with E-state index in [1.54, 1.807) is 0 Å². The Labute approximate surface area is 108 Å². The van der Waals surface area contributed by atoms with Gasteiger partial charge in [-0.1, -0.05) is 6.92 Å². The average molecular weight is 254 g/mol. The van der Waals surface area contributed by atoms with Crippen molar-refractivity contribution in [2.45, 2.75) is 26.7 Å². The van der Waals surface area contributed by atoms with E-state index < -0.39 is 0 Å². The molecule has 6 nitrogen and oxygen atoms in total. The molecular weight excluding hydrogens is 232 g/mol. The first kappa shape index (κ1) is 14.5. The summed E-state index contributed by atoms with van der Waals surface area (Å²) >= 11 is 0. The van der Waals surface area contributed by atoms with Crippen LogP contribution in [0.2, 0.25) is 0 Å². The molecule has 1 atom stereocenters. The van der Waals surface area contributed by atoms with E-state index in [1.807, 2.05) is 13.8 Å². The first-order chi connectivity index (χ1) is 8.69. The molecular formula is C12H22N4O2. The third kappa shape index (κ3) is 4.37. The van der Waals surface area contributed by atoms with Gasteiger partial charge in [0.1, 0.15) is 12.0 Å². The number of nitrogen functional groups attached to an aromatic ring is 1. The molecule has 0 amide bonds. The number of nitrogens with two attached hydrogens (primary N) is 1. The summed E-state index contributed by atoms with van der Waals surface area (Å²) in [6.07, 6.45) is 3.35. The van der Waals surface area contributed by atoms with Crippen LogP contribution in [-0.2, 0) is 0 Å². The van der Waals surface area contributed by atoms with Gasteiger partial charge in [-0.2, -0.15) is 4.98 Å². The normalized spacial score (nSPS) is 12.2. The van der Waals surface area contributed by atoms with Crippen molar-refractivity contribution < 1.29 is 9.84 Å². The molecule has 1 rings (SSSR count). The molecule has 0 bridgehead atoms. The van der Waals surface area contributed by atoms with Gasteiger partial charge in [0.15, 0.2) is 5.82 Å². The lowest BCUT2D eigenvalue weighted by Gasteiger charge is -2.12. The minimum Gasteiger partial charge on any atom is -0.476 e. The molecule has 1 aromatic heterocycles. The fraction of sp³-hybridized carbons (Fsp3) is 0.667. The van der Waals surface area contributed by atoms with E-state index in [9.17, 15) is 0 Å². The van der Waals surface area contributed by atoms with Crippen molar-refractivity contribution in [2.75, 3.05) is 30.8 Å². The highest BCUT2D eigenvalue weighted by Crippen LogP contribution is 2.24. The number of aliphatic hydroxyl groups excluding tert-OH is 1. The van der Waals surface area contributed by atoms with Crippen LogP contribution in [0.5, 0.6) is 5.88 Å². The molecule has 0 fully saturated rings. The number of anilines is 2. The van der Waals surface area contributed by atoms with Crippen LogP contribution in [0.3, 0.4) is 0 Å². The van der Waals surface area contributed by atoms with Crippen LogP contribution in [0.4, 0.5) is 11.5 Å². The molecule has 0 spiro atoms. The van der Waals surface area contributed by atoms with Crippen LogP contribution < -0.4 is 15.8 Å². The molecule has 1 heterocycles. The van der Waals surface area contributed by atoms with Crippen LogP contribution >= 0.6 is 0 Å². The molecule has 0 aliphatic rings.